The molecule has 0 fully saturated rings. The standard InChI is InChI=1S/C26H17ClF3N5O2S/c1-14-24(35-38(36,37)25-7-2-16(28)11-20(25)30)10-15(13-32-14)21-5-6-22-26(34-21)23(8-9-31-22)33-17-3-4-19(29)18(27)12-17/h2-13,35H,1H3,(H,31,33). The zero-order valence-electron chi connectivity index (χ0n) is 19.5. The third-order valence-electron chi connectivity index (χ3n) is 5.59. The number of fused-ring (bicyclic) bond motifs is 1. The minimum absolute atomic E-state index is 0.0387. The first-order valence-electron chi connectivity index (χ1n) is 11.0. The normalized spacial score (nSPS) is 11.5. The van der Waals surface area contributed by atoms with E-state index in [1.165, 1.54) is 30.5 Å². The molecule has 0 atom stereocenters. The molecule has 192 valence electrons. The highest BCUT2D eigenvalue weighted by molar-refractivity contribution is 7.92. The van der Waals surface area contributed by atoms with Crippen LogP contribution in [0, 0.1) is 24.4 Å². The average Bonchev–Trinajstić information content (AvgIpc) is 2.87. The van der Waals surface area contributed by atoms with Gasteiger partial charge >= 0.3 is 0 Å². The molecular weight excluding hydrogens is 539 g/mol. The Bertz CT molecular complexity index is 1820. The number of aromatic nitrogens is 3. The molecule has 0 saturated carbocycles. The molecule has 0 saturated heterocycles. The summed E-state index contributed by atoms with van der Waals surface area (Å²) < 4.78 is 68.9. The van der Waals surface area contributed by atoms with Gasteiger partial charge in [0.1, 0.15) is 27.9 Å². The molecule has 0 aliphatic carbocycles. The van der Waals surface area contributed by atoms with Gasteiger partial charge in [-0.1, -0.05) is 11.6 Å². The van der Waals surface area contributed by atoms with E-state index in [0.717, 1.165) is 12.1 Å². The van der Waals surface area contributed by atoms with E-state index < -0.39 is 32.4 Å². The number of aryl methyl sites for hydroxylation is 1. The molecular formula is C26H17ClF3N5O2S. The smallest absolute Gasteiger partial charge is 0.264 e. The Kier molecular flexibility index (Phi) is 6.64. The molecule has 3 aromatic heterocycles. The molecule has 7 nitrogen and oxygen atoms in total. The first-order chi connectivity index (χ1) is 18.1. The lowest BCUT2D eigenvalue weighted by Gasteiger charge is -2.13. The SMILES string of the molecule is Cc1ncc(-c2ccc3nccc(Nc4ccc(F)c(Cl)c4)c3n2)cc1NS(=O)(=O)c1ccc(F)cc1F. The Hall–Kier alpha value is -4.22. The first kappa shape index (κ1) is 25.4. The van der Waals surface area contributed by atoms with Crippen LogP contribution in [0.15, 0.2) is 78.0 Å². The lowest BCUT2D eigenvalue weighted by molar-refractivity contribution is 0.551. The molecule has 0 aliphatic heterocycles. The van der Waals surface area contributed by atoms with Crippen LogP contribution in [0.2, 0.25) is 5.02 Å². The third-order valence-corrected chi connectivity index (χ3v) is 7.28. The molecule has 0 amide bonds. The van der Waals surface area contributed by atoms with Crippen molar-refractivity contribution in [1.82, 2.24) is 15.0 Å². The third kappa shape index (κ3) is 5.11. The largest absolute Gasteiger partial charge is 0.354 e. The molecule has 0 unspecified atom stereocenters. The molecule has 12 heteroatoms. The highest BCUT2D eigenvalue weighted by atomic mass is 35.5. The van der Waals surface area contributed by atoms with Gasteiger partial charge in [0, 0.05) is 29.7 Å². The van der Waals surface area contributed by atoms with Crippen LogP contribution < -0.4 is 10.0 Å². The second-order valence-electron chi connectivity index (χ2n) is 8.21. The zero-order chi connectivity index (χ0) is 27.0. The van der Waals surface area contributed by atoms with Gasteiger partial charge in [-0.2, -0.15) is 0 Å². The quantitative estimate of drug-likeness (QED) is 0.244. The van der Waals surface area contributed by atoms with Crippen LogP contribution in [-0.4, -0.2) is 23.4 Å². The summed E-state index contributed by atoms with van der Waals surface area (Å²) in [5, 5.41) is 3.11. The fraction of sp³-hybridized carbons (Fsp3) is 0.0385. The van der Waals surface area contributed by atoms with E-state index in [2.05, 4.69) is 25.0 Å². The van der Waals surface area contributed by atoms with Crippen LogP contribution in [0.4, 0.5) is 30.2 Å². The van der Waals surface area contributed by atoms with Gasteiger partial charge in [0.15, 0.2) is 0 Å². The van der Waals surface area contributed by atoms with Crippen LogP contribution in [0.25, 0.3) is 22.3 Å². The summed E-state index contributed by atoms with van der Waals surface area (Å²) >= 11 is 5.90. The van der Waals surface area contributed by atoms with E-state index in [1.54, 1.807) is 31.3 Å². The van der Waals surface area contributed by atoms with Gasteiger partial charge in [-0.05, 0) is 61.5 Å². The Morgan fingerprint density at radius 1 is 0.868 bits per heavy atom. The second kappa shape index (κ2) is 9.92. The Morgan fingerprint density at radius 2 is 1.68 bits per heavy atom. The molecule has 0 aliphatic rings. The fourth-order valence-corrected chi connectivity index (χ4v) is 5.04. The van der Waals surface area contributed by atoms with Crippen molar-refractivity contribution in [3.05, 3.63) is 101 Å². The molecule has 2 N–H and O–H groups in total. The summed E-state index contributed by atoms with van der Waals surface area (Å²) in [7, 11) is -4.37. The molecule has 0 spiro atoms. The van der Waals surface area contributed by atoms with Crippen LogP contribution in [0.1, 0.15) is 5.69 Å². The minimum Gasteiger partial charge on any atom is -0.354 e. The summed E-state index contributed by atoms with van der Waals surface area (Å²) in [6, 6.07) is 13.1. The van der Waals surface area contributed by atoms with Gasteiger partial charge in [0.2, 0.25) is 0 Å². The number of hydrogen-bond donors (Lipinski definition) is 2. The van der Waals surface area contributed by atoms with Crippen molar-refractivity contribution in [2.45, 2.75) is 11.8 Å². The number of benzene rings is 2. The minimum atomic E-state index is -4.37. The molecule has 0 bridgehead atoms. The van der Waals surface area contributed by atoms with E-state index in [1.807, 2.05) is 0 Å². The van der Waals surface area contributed by atoms with Crippen LogP contribution >= 0.6 is 11.6 Å². The molecule has 2 aromatic carbocycles. The maximum absolute atomic E-state index is 14.2. The van der Waals surface area contributed by atoms with Crippen molar-refractivity contribution in [2.75, 3.05) is 10.0 Å². The average molecular weight is 556 g/mol. The van der Waals surface area contributed by atoms with Crippen molar-refractivity contribution < 1.29 is 21.6 Å². The van der Waals surface area contributed by atoms with Crippen molar-refractivity contribution in [2.24, 2.45) is 0 Å². The second-order valence-corrected chi connectivity index (χ2v) is 10.3. The van der Waals surface area contributed by atoms with Crippen LogP contribution in [-0.2, 0) is 10.0 Å². The lowest BCUT2D eigenvalue weighted by Crippen LogP contribution is -2.16. The Balaban J connectivity index is 1.51. The molecule has 38 heavy (non-hydrogen) atoms. The van der Waals surface area contributed by atoms with E-state index in [4.69, 9.17) is 11.6 Å². The van der Waals surface area contributed by atoms with Crippen molar-refractivity contribution in [1.29, 1.82) is 0 Å². The Morgan fingerprint density at radius 3 is 2.45 bits per heavy atom. The first-order valence-corrected chi connectivity index (χ1v) is 12.9. The Labute approximate surface area is 220 Å². The lowest BCUT2D eigenvalue weighted by atomic mass is 10.1. The topological polar surface area (TPSA) is 96.9 Å². The van der Waals surface area contributed by atoms with Gasteiger partial charge in [-0.15, -0.1) is 0 Å². The van der Waals surface area contributed by atoms with Gasteiger partial charge in [-0.3, -0.25) is 14.7 Å². The number of hydrogen-bond acceptors (Lipinski definition) is 6. The fourth-order valence-electron chi connectivity index (χ4n) is 3.69. The van der Waals surface area contributed by atoms with Crippen LogP contribution in [0.3, 0.4) is 0 Å². The van der Waals surface area contributed by atoms with E-state index in [0.29, 0.717) is 45.4 Å². The molecule has 3 heterocycles. The molecule has 0 radical (unpaired) electrons. The highest BCUT2D eigenvalue weighted by Gasteiger charge is 2.21. The highest BCUT2D eigenvalue weighted by Crippen LogP contribution is 2.30. The maximum atomic E-state index is 14.2. The summed E-state index contributed by atoms with van der Waals surface area (Å²) in [5.74, 6) is -2.65. The summed E-state index contributed by atoms with van der Waals surface area (Å²) in [6.07, 6.45) is 3.11. The summed E-state index contributed by atoms with van der Waals surface area (Å²) in [4.78, 5) is 12.6. The summed E-state index contributed by atoms with van der Waals surface area (Å²) in [5.41, 5.74) is 3.52. The number of nitrogens with zero attached hydrogens (tertiary/aromatic N) is 3. The predicted molar refractivity (Wildman–Crippen MR) is 139 cm³/mol. The number of nitrogens with one attached hydrogen (secondary N) is 2. The van der Waals surface area contributed by atoms with Crippen LogP contribution in [0.5, 0.6) is 0 Å². The number of anilines is 3. The van der Waals surface area contributed by atoms with Gasteiger partial charge in [-0.25, -0.2) is 26.6 Å². The van der Waals surface area contributed by atoms with Crippen molar-refractivity contribution >= 4 is 49.7 Å². The van der Waals surface area contributed by atoms with Crippen molar-refractivity contribution in [3.63, 3.8) is 0 Å². The zero-order valence-corrected chi connectivity index (χ0v) is 21.1. The number of halogens is 4. The van der Waals surface area contributed by atoms with E-state index in [-0.39, 0.29) is 10.7 Å². The monoisotopic (exact) mass is 555 g/mol. The van der Waals surface area contributed by atoms with Gasteiger partial charge in [0.25, 0.3) is 10.0 Å². The predicted octanol–water partition coefficient (Wildman–Crippen LogP) is 6.62. The van der Waals surface area contributed by atoms with Crippen molar-refractivity contribution in [3.8, 4) is 11.3 Å². The molecule has 5 aromatic rings. The van der Waals surface area contributed by atoms with E-state index >= 15 is 0 Å². The number of sulfonamides is 1. The maximum Gasteiger partial charge on any atom is 0.264 e. The van der Waals surface area contributed by atoms with Gasteiger partial charge in [0.05, 0.1) is 33.3 Å². The molecule has 5 rings (SSSR count). The number of rotatable bonds is 6. The van der Waals surface area contributed by atoms with E-state index in [9.17, 15) is 21.6 Å². The summed E-state index contributed by atoms with van der Waals surface area (Å²) in [6.45, 7) is 1.58. The van der Waals surface area contributed by atoms with Gasteiger partial charge < -0.3 is 5.32 Å². The number of pyridine rings is 3.